The average molecular weight is 478 g/mol. The van der Waals surface area contributed by atoms with Gasteiger partial charge in [-0.3, -0.25) is 0 Å². The smallest absolute Gasteiger partial charge is 0.225 e. The van der Waals surface area contributed by atoms with E-state index in [2.05, 4.69) is 48.8 Å². The molecule has 0 aromatic carbocycles. The first-order valence-corrected chi connectivity index (χ1v) is 8.70. The van der Waals surface area contributed by atoms with Crippen LogP contribution in [0.4, 0.5) is 5.95 Å². The third-order valence-corrected chi connectivity index (χ3v) is 4.51. The maximum Gasteiger partial charge on any atom is 0.225 e. The number of aromatic nitrogens is 4. The molecule has 1 saturated heterocycles. The summed E-state index contributed by atoms with van der Waals surface area (Å²) in [6.07, 6.45) is 7.54. The first-order valence-electron chi connectivity index (χ1n) is 8.70. The fourth-order valence-corrected chi connectivity index (χ4v) is 3.06. The number of nitrogens with zero attached hydrogens (tertiary/aromatic N) is 7. The summed E-state index contributed by atoms with van der Waals surface area (Å²) in [7, 11) is 0. The van der Waals surface area contributed by atoms with E-state index in [4.69, 9.17) is 5.73 Å². The predicted octanol–water partition coefficient (Wildman–Crippen LogP) is 1.69. The van der Waals surface area contributed by atoms with Crippen molar-refractivity contribution in [2.75, 3.05) is 31.1 Å². The monoisotopic (exact) mass is 478 g/mol. The molecule has 2 N–H and O–H groups in total. The van der Waals surface area contributed by atoms with Gasteiger partial charge in [-0.05, 0) is 30.7 Å². The third kappa shape index (κ3) is 4.46. The van der Waals surface area contributed by atoms with Crippen molar-refractivity contribution in [3.8, 4) is 0 Å². The molecule has 0 atom stereocenters. The number of nitrogens with two attached hydrogens (primary N) is 1. The van der Waals surface area contributed by atoms with Crippen LogP contribution >= 0.6 is 24.0 Å². The van der Waals surface area contributed by atoms with E-state index < -0.39 is 0 Å². The van der Waals surface area contributed by atoms with Gasteiger partial charge in [0.1, 0.15) is 5.65 Å². The minimum Gasteiger partial charge on any atom is -0.370 e. The van der Waals surface area contributed by atoms with Crippen molar-refractivity contribution >= 4 is 41.5 Å². The lowest BCUT2D eigenvalue weighted by atomic mass is 10.3. The lowest BCUT2D eigenvalue weighted by Gasteiger charge is -2.35. The Hall–Kier alpha value is -2.43. The summed E-state index contributed by atoms with van der Waals surface area (Å²) in [5.41, 5.74) is 9.23. The molecule has 0 amide bonds. The van der Waals surface area contributed by atoms with Gasteiger partial charge in [0, 0.05) is 51.0 Å². The maximum atomic E-state index is 6.19. The van der Waals surface area contributed by atoms with Gasteiger partial charge in [-0.1, -0.05) is 0 Å². The van der Waals surface area contributed by atoms with Crippen LogP contribution in [0.3, 0.4) is 0 Å². The van der Waals surface area contributed by atoms with Gasteiger partial charge in [0.25, 0.3) is 0 Å². The van der Waals surface area contributed by atoms with Gasteiger partial charge in [0.15, 0.2) is 5.96 Å². The van der Waals surface area contributed by atoms with Crippen LogP contribution in [-0.2, 0) is 6.54 Å². The quantitative estimate of drug-likeness (QED) is 0.350. The van der Waals surface area contributed by atoms with E-state index in [1.165, 1.54) is 5.56 Å². The summed E-state index contributed by atoms with van der Waals surface area (Å²) < 4.78 is 2.01. The van der Waals surface area contributed by atoms with E-state index in [0.717, 1.165) is 43.5 Å². The molecular weight excluding hydrogens is 455 g/mol. The van der Waals surface area contributed by atoms with E-state index in [0.29, 0.717) is 12.5 Å². The second-order valence-electron chi connectivity index (χ2n) is 6.40. The number of piperazine rings is 1. The number of anilines is 1. The van der Waals surface area contributed by atoms with Gasteiger partial charge >= 0.3 is 0 Å². The molecule has 1 aliphatic heterocycles. The normalized spacial score (nSPS) is 15.1. The molecule has 27 heavy (non-hydrogen) atoms. The van der Waals surface area contributed by atoms with Gasteiger partial charge in [0.2, 0.25) is 5.95 Å². The Kier molecular flexibility index (Phi) is 6.09. The largest absolute Gasteiger partial charge is 0.370 e. The zero-order valence-electron chi connectivity index (χ0n) is 15.2. The number of hydrogen-bond donors (Lipinski definition) is 1. The van der Waals surface area contributed by atoms with E-state index in [1.807, 2.05) is 22.9 Å². The zero-order chi connectivity index (χ0) is 17.9. The number of guanidine groups is 1. The molecule has 142 valence electrons. The Labute approximate surface area is 175 Å². The highest BCUT2D eigenvalue weighted by atomic mass is 127. The molecule has 4 rings (SSSR count). The third-order valence-electron chi connectivity index (χ3n) is 4.51. The van der Waals surface area contributed by atoms with Crippen LogP contribution in [0.25, 0.3) is 5.65 Å². The molecule has 9 heteroatoms. The Morgan fingerprint density at radius 1 is 1.19 bits per heavy atom. The number of aryl methyl sites for hydroxylation is 1. The molecular formula is C18H23IN8. The summed E-state index contributed by atoms with van der Waals surface area (Å²) in [4.78, 5) is 22.0. The SMILES string of the molecule is Cc1ccn2cc(CN=C(N)N3CCN(c4ncccn4)CC3)nc2c1.I. The number of halogens is 1. The number of pyridine rings is 1. The summed E-state index contributed by atoms with van der Waals surface area (Å²) in [5.74, 6) is 1.33. The summed E-state index contributed by atoms with van der Waals surface area (Å²) in [6.45, 7) is 5.80. The van der Waals surface area contributed by atoms with Crippen molar-refractivity contribution in [1.82, 2.24) is 24.3 Å². The summed E-state index contributed by atoms with van der Waals surface area (Å²) in [6, 6.07) is 5.94. The minimum absolute atomic E-state index is 0. The van der Waals surface area contributed by atoms with Crippen molar-refractivity contribution in [1.29, 1.82) is 0 Å². The van der Waals surface area contributed by atoms with E-state index in [1.54, 1.807) is 12.4 Å². The van der Waals surface area contributed by atoms with Crippen LogP contribution in [0.15, 0.2) is 48.0 Å². The lowest BCUT2D eigenvalue weighted by Crippen LogP contribution is -2.51. The fraction of sp³-hybridized carbons (Fsp3) is 0.333. The Morgan fingerprint density at radius 3 is 2.67 bits per heavy atom. The molecule has 1 fully saturated rings. The van der Waals surface area contributed by atoms with Crippen molar-refractivity contribution in [3.05, 3.63) is 54.2 Å². The molecule has 0 bridgehead atoms. The minimum atomic E-state index is 0. The van der Waals surface area contributed by atoms with Crippen LogP contribution in [0.1, 0.15) is 11.3 Å². The molecule has 1 aliphatic rings. The van der Waals surface area contributed by atoms with E-state index >= 15 is 0 Å². The first kappa shape index (κ1) is 19.3. The fourth-order valence-electron chi connectivity index (χ4n) is 3.06. The summed E-state index contributed by atoms with van der Waals surface area (Å²) in [5, 5.41) is 0. The number of fused-ring (bicyclic) bond motifs is 1. The van der Waals surface area contributed by atoms with Crippen molar-refractivity contribution in [2.45, 2.75) is 13.5 Å². The van der Waals surface area contributed by atoms with Crippen LogP contribution < -0.4 is 10.6 Å². The second-order valence-corrected chi connectivity index (χ2v) is 6.40. The van der Waals surface area contributed by atoms with Gasteiger partial charge in [-0.2, -0.15) is 0 Å². The highest BCUT2D eigenvalue weighted by Gasteiger charge is 2.19. The van der Waals surface area contributed by atoms with Crippen molar-refractivity contribution in [3.63, 3.8) is 0 Å². The molecule has 8 nitrogen and oxygen atoms in total. The molecule has 3 aromatic rings. The molecule has 0 aliphatic carbocycles. The number of aliphatic imine (C=N–C) groups is 1. The van der Waals surface area contributed by atoms with Gasteiger partial charge in [0.05, 0.1) is 12.2 Å². The van der Waals surface area contributed by atoms with Crippen molar-refractivity contribution in [2.24, 2.45) is 10.7 Å². The standard InChI is InChI=1S/C18H22N8.HI/c1-14-3-6-26-13-15(23-16(26)11-14)12-22-17(19)24-7-9-25(10-8-24)18-20-4-2-5-21-18;/h2-6,11,13H,7-10,12H2,1H3,(H2,19,22);1H. The number of hydrogen-bond acceptors (Lipinski definition) is 5. The lowest BCUT2D eigenvalue weighted by molar-refractivity contribution is 0.378. The highest BCUT2D eigenvalue weighted by molar-refractivity contribution is 14.0. The van der Waals surface area contributed by atoms with Crippen molar-refractivity contribution < 1.29 is 0 Å². The zero-order valence-corrected chi connectivity index (χ0v) is 17.5. The molecule has 0 spiro atoms. The first-order chi connectivity index (χ1) is 12.7. The molecule has 0 radical (unpaired) electrons. The van der Waals surface area contributed by atoms with Gasteiger partial charge in [-0.15, -0.1) is 24.0 Å². The van der Waals surface area contributed by atoms with E-state index in [-0.39, 0.29) is 24.0 Å². The van der Waals surface area contributed by atoms with Gasteiger partial charge in [-0.25, -0.2) is 19.9 Å². The van der Waals surface area contributed by atoms with Gasteiger partial charge < -0.3 is 19.9 Å². The molecule has 0 saturated carbocycles. The topological polar surface area (TPSA) is 87.9 Å². The second kappa shape index (κ2) is 8.51. The Balaban J connectivity index is 0.00000210. The van der Waals surface area contributed by atoms with Crippen LogP contribution in [0.2, 0.25) is 0 Å². The Bertz CT molecular complexity index is 916. The highest BCUT2D eigenvalue weighted by Crippen LogP contribution is 2.11. The summed E-state index contributed by atoms with van der Waals surface area (Å²) >= 11 is 0. The van der Waals surface area contributed by atoms with Crippen LogP contribution in [0.5, 0.6) is 0 Å². The molecule has 4 heterocycles. The average Bonchev–Trinajstić information content (AvgIpc) is 3.09. The predicted molar refractivity (Wildman–Crippen MR) is 116 cm³/mol. The maximum absolute atomic E-state index is 6.19. The number of imidazole rings is 1. The molecule has 0 unspecified atom stereocenters. The number of rotatable bonds is 3. The molecule has 3 aromatic heterocycles. The van der Waals surface area contributed by atoms with Crippen LogP contribution in [0, 0.1) is 6.92 Å². The van der Waals surface area contributed by atoms with E-state index in [9.17, 15) is 0 Å². The van der Waals surface area contributed by atoms with Crippen LogP contribution in [-0.4, -0.2) is 56.4 Å². The Morgan fingerprint density at radius 2 is 1.93 bits per heavy atom.